The van der Waals surface area contributed by atoms with E-state index in [0.717, 1.165) is 0 Å². The molecule has 0 aromatic heterocycles. The maximum absolute atomic E-state index is 3.78. The van der Waals surface area contributed by atoms with Gasteiger partial charge >= 0.3 is 0 Å². The Morgan fingerprint density at radius 3 is 2.61 bits per heavy atom. The smallest absolute Gasteiger partial charge is 0.0432 e. The Balaban J connectivity index is 2.22. The summed E-state index contributed by atoms with van der Waals surface area (Å²) in [5.41, 5.74) is 5.60. The van der Waals surface area contributed by atoms with Gasteiger partial charge in [0.15, 0.2) is 0 Å². The predicted octanol–water partition coefficient (Wildman–Crippen LogP) is 5.05. The van der Waals surface area contributed by atoms with Crippen LogP contribution in [-0.2, 0) is 0 Å². The lowest BCUT2D eigenvalue weighted by molar-refractivity contribution is 0.889. The molecule has 0 aliphatic heterocycles. The lowest BCUT2D eigenvalue weighted by atomic mass is 9.78. The van der Waals surface area contributed by atoms with Gasteiger partial charge in [-0.1, -0.05) is 64.5 Å². The quantitative estimate of drug-likeness (QED) is 0.597. The third-order valence-corrected chi connectivity index (χ3v) is 5.00. The normalized spacial score (nSPS) is 23.7. The third kappa shape index (κ3) is 1.26. The van der Waals surface area contributed by atoms with E-state index in [1.807, 2.05) is 0 Å². The van der Waals surface area contributed by atoms with Crippen LogP contribution in [0, 0.1) is 6.92 Å². The van der Waals surface area contributed by atoms with Gasteiger partial charge in [0.1, 0.15) is 0 Å². The van der Waals surface area contributed by atoms with Crippen LogP contribution in [0.15, 0.2) is 36.4 Å². The van der Waals surface area contributed by atoms with E-state index in [2.05, 4.69) is 71.4 Å². The van der Waals surface area contributed by atoms with Gasteiger partial charge in [-0.15, -0.1) is 0 Å². The molecule has 0 fully saturated rings. The molecule has 0 nitrogen and oxygen atoms in total. The van der Waals surface area contributed by atoms with Crippen LogP contribution in [0.2, 0.25) is 0 Å². The van der Waals surface area contributed by atoms with E-state index in [1.54, 1.807) is 0 Å². The molecule has 0 saturated heterocycles. The number of halogens is 1. The van der Waals surface area contributed by atoms with E-state index >= 15 is 0 Å². The van der Waals surface area contributed by atoms with E-state index in [4.69, 9.17) is 0 Å². The maximum Gasteiger partial charge on any atom is 0.0432 e. The van der Waals surface area contributed by atoms with E-state index in [-0.39, 0.29) is 0 Å². The summed E-state index contributed by atoms with van der Waals surface area (Å²) in [4.78, 5) is 0.417. The first kappa shape index (κ1) is 10.6. The Kier molecular flexibility index (Phi) is 2.10. The first-order valence-corrected chi connectivity index (χ1v) is 7.24. The fraction of sp³-hybridized carbons (Fsp3) is 0.176. The third-order valence-electron chi connectivity index (χ3n) is 4.12. The Bertz CT molecular complexity index is 722. The van der Waals surface area contributed by atoms with Crippen molar-refractivity contribution >= 4 is 38.9 Å². The van der Waals surface area contributed by atoms with Gasteiger partial charge in [-0.05, 0) is 39.9 Å². The van der Waals surface area contributed by atoms with E-state index in [0.29, 0.717) is 10.7 Å². The summed E-state index contributed by atoms with van der Waals surface area (Å²) in [5, 5.41) is 2.85. The first-order valence-electron chi connectivity index (χ1n) is 6.32. The van der Waals surface area contributed by atoms with Gasteiger partial charge in [-0.25, -0.2) is 0 Å². The molecule has 2 aliphatic rings. The highest BCUT2D eigenvalue weighted by Gasteiger charge is 2.27. The summed E-state index contributed by atoms with van der Waals surface area (Å²) >= 11 is 3.78. The Hall–Kier alpha value is -1.34. The molecular formula is C17H13Br. The molecular weight excluding hydrogens is 284 g/mol. The van der Waals surface area contributed by atoms with Crippen molar-refractivity contribution in [3.8, 4) is 0 Å². The fourth-order valence-electron chi connectivity index (χ4n) is 3.19. The van der Waals surface area contributed by atoms with E-state index in [1.165, 1.54) is 33.0 Å². The minimum absolute atomic E-state index is 0.417. The van der Waals surface area contributed by atoms with Gasteiger partial charge in [0.2, 0.25) is 0 Å². The summed E-state index contributed by atoms with van der Waals surface area (Å²) < 4.78 is 0. The molecule has 0 heterocycles. The molecule has 1 heteroatoms. The van der Waals surface area contributed by atoms with Gasteiger partial charge in [-0.2, -0.15) is 0 Å². The van der Waals surface area contributed by atoms with Crippen LogP contribution in [0.3, 0.4) is 0 Å². The lowest BCUT2D eigenvalue weighted by Gasteiger charge is -2.29. The topological polar surface area (TPSA) is 0 Å². The standard InChI is InChI=1S/C17H13Br/c1-10-2-3-11-5-8-14-15(18)9-6-12-4-7-13(10)16(11)17(12)14/h2-9,14-15H,1H3. The Labute approximate surface area is 115 Å². The first-order chi connectivity index (χ1) is 8.75. The summed E-state index contributed by atoms with van der Waals surface area (Å²) in [6.07, 6.45) is 9.11. The number of hydrogen-bond donors (Lipinski definition) is 0. The molecule has 18 heavy (non-hydrogen) atoms. The van der Waals surface area contributed by atoms with Crippen LogP contribution < -0.4 is 0 Å². The van der Waals surface area contributed by atoms with Crippen molar-refractivity contribution in [1.82, 2.24) is 0 Å². The Morgan fingerprint density at radius 2 is 1.72 bits per heavy atom. The number of benzene rings is 2. The highest BCUT2D eigenvalue weighted by atomic mass is 79.9. The van der Waals surface area contributed by atoms with Gasteiger partial charge in [0, 0.05) is 10.7 Å². The number of allylic oxidation sites excluding steroid dienone is 2. The van der Waals surface area contributed by atoms with Crippen molar-refractivity contribution in [3.05, 3.63) is 58.7 Å². The summed E-state index contributed by atoms with van der Waals surface area (Å²) in [6.45, 7) is 2.20. The van der Waals surface area contributed by atoms with Gasteiger partial charge in [0.25, 0.3) is 0 Å². The molecule has 88 valence electrons. The number of alkyl halides is 1. The van der Waals surface area contributed by atoms with Crippen LogP contribution in [0.1, 0.15) is 28.2 Å². The average molecular weight is 297 g/mol. The van der Waals surface area contributed by atoms with Crippen LogP contribution in [0.25, 0.3) is 22.9 Å². The highest BCUT2D eigenvalue weighted by molar-refractivity contribution is 9.09. The average Bonchev–Trinajstić information content (AvgIpc) is 2.40. The summed E-state index contributed by atoms with van der Waals surface area (Å²) in [6, 6.07) is 8.99. The second kappa shape index (κ2) is 3.58. The Morgan fingerprint density at radius 1 is 0.944 bits per heavy atom. The van der Waals surface area contributed by atoms with Crippen molar-refractivity contribution in [2.45, 2.75) is 17.7 Å². The van der Waals surface area contributed by atoms with Crippen molar-refractivity contribution in [2.75, 3.05) is 0 Å². The van der Waals surface area contributed by atoms with Gasteiger partial charge < -0.3 is 0 Å². The van der Waals surface area contributed by atoms with Gasteiger partial charge in [0.05, 0.1) is 0 Å². The molecule has 0 amide bonds. The number of hydrogen-bond acceptors (Lipinski definition) is 0. The maximum atomic E-state index is 3.78. The highest BCUT2D eigenvalue weighted by Crippen LogP contribution is 2.44. The van der Waals surface area contributed by atoms with Crippen LogP contribution >= 0.6 is 15.9 Å². The van der Waals surface area contributed by atoms with E-state index in [9.17, 15) is 0 Å². The lowest BCUT2D eigenvalue weighted by Crippen LogP contribution is -2.15. The fourth-order valence-corrected chi connectivity index (χ4v) is 3.78. The molecule has 0 spiro atoms. The SMILES string of the molecule is Cc1ccc2c3c4c(ccc13)C=CC(Br)C4C=C2. The largest absolute Gasteiger partial charge is 0.0835 e. The minimum atomic E-state index is 0.417. The zero-order chi connectivity index (χ0) is 12.3. The summed E-state index contributed by atoms with van der Waals surface area (Å²) in [5.74, 6) is 0.475. The van der Waals surface area contributed by atoms with Crippen molar-refractivity contribution in [1.29, 1.82) is 0 Å². The van der Waals surface area contributed by atoms with Crippen molar-refractivity contribution < 1.29 is 0 Å². The van der Waals surface area contributed by atoms with Crippen LogP contribution in [-0.4, -0.2) is 4.83 Å². The molecule has 2 aromatic rings. The number of rotatable bonds is 0. The molecule has 2 aliphatic carbocycles. The molecule has 0 saturated carbocycles. The number of aryl methyl sites for hydroxylation is 1. The monoisotopic (exact) mass is 296 g/mol. The van der Waals surface area contributed by atoms with Crippen LogP contribution in [0.4, 0.5) is 0 Å². The molecule has 0 N–H and O–H groups in total. The second-order valence-corrected chi connectivity index (χ2v) is 6.21. The van der Waals surface area contributed by atoms with Crippen LogP contribution in [0.5, 0.6) is 0 Å². The van der Waals surface area contributed by atoms with E-state index < -0.39 is 0 Å². The molecule has 0 bridgehead atoms. The predicted molar refractivity (Wildman–Crippen MR) is 82.2 cm³/mol. The molecule has 2 atom stereocenters. The van der Waals surface area contributed by atoms with Gasteiger partial charge in [-0.3, -0.25) is 0 Å². The molecule has 0 radical (unpaired) electrons. The molecule has 2 aromatic carbocycles. The zero-order valence-electron chi connectivity index (χ0n) is 10.2. The van der Waals surface area contributed by atoms with Crippen molar-refractivity contribution in [2.24, 2.45) is 0 Å². The second-order valence-electron chi connectivity index (χ2n) is 5.15. The summed E-state index contributed by atoms with van der Waals surface area (Å²) in [7, 11) is 0. The van der Waals surface area contributed by atoms with Crippen molar-refractivity contribution in [3.63, 3.8) is 0 Å². The molecule has 4 rings (SSSR count). The minimum Gasteiger partial charge on any atom is -0.0835 e. The molecule has 2 unspecified atom stereocenters. The zero-order valence-corrected chi connectivity index (χ0v) is 11.7.